The van der Waals surface area contributed by atoms with E-state index in [0.29, 0.717) is 0 Å². The molecule has 0 aliphatic rings. The summed E-state index contributed by atoms with van der Waals surface area (Å²) in [6.45, 7) is 0.183. The van der Waals surface area contributed by atoms with E-state index in [2.05, 4.69) is 15.9 Å². The highest BCUT2D eigenvalue weighted by Crippen LogP contribution is 2.31. The predicted molar refractivity (Wildman–Crippen MR) is 70.8 cm³/mol. The average molecular weight is 334 g/mol. The number of nitrogens with two attached hydrogens (primary N) is 1. The van der Waals surface area contributed by atoms with Crippen LogP contribution in [0.2, 0.25) is 0 Å². The Balaban J connectivity index is 2.22. The summed E-state index contributed by atoms with van der Waals surface area (Å²) in [5.74, 6) is -1.28. The molecular formula is C12H10BrF2NOS. The molecule has 2 aromatic rings. The van der Waals surface area contributed by atoms with Crippen LogP contribution < -0.4 is 10.5 Å². The normalized spacial score (nSPS) is 12.4. The van der Waals surface area contributed by atoms with Crippen LogP contribution in [0, 0.1) is 11.6 Å². The maximum atomic E-state index is 13.4. The summed E-state index contributed by atoms with van der Waals surface area (Å²) in [5.41, 5.74) is 5.60. The van der Waals surface area contributed by atoms with E-state index in [1.54, 1.807) is 0 Å². The minimum atomic E-state index is -0.606. The van der Waals surface area contributed by atoms with Crippen molar-refractivity contribution in [3.8, 4) is 5.75 Å². The molecule has 0 amide bonds. The van der Waals surface area contributed by atoms with Crippen LogP contribution in [0.5, 0.6) is 5.75 Å². The molecule has 0 saturated heterocycles. The molecule has 2 N–H and O–H groups in total. The highest BCUT2D eigenvalue weighted by molar-refractivity contribution is 9.11. The Morgan fingerprint density at radius 1 is 1.28 bits per heavy atom. The lowest BCUT2D eigenvalue weighted by Crippen LogP contribution is -2.17. The fourth-order valence-corrected chi connectivity index (χ4v) is 2.91. The van der Waals surface area contributed by atoms with Gasteiger partial charge in [0.2, 0.25) is 0 Å². The topological polar surface area (TPSA) is 35.2 Å². The Labute approximate surface area is 116 Å². The van der Waals surface area contributed by atoms with Crippen LogP contribution in [0.25, 0.3) is 0 Å². The van der Waals surface area contributed by atoms with Crippen molar-refractivity contribution in [1.82, 2.24) is 0 Å². The first kappa shape index (κ1) is 13.5. The Morgan fingerprint density at radius 2 is 2.06 bits per heavy atom. The van der Waals surface area contributed by atoms with Crippen LogP contribution >= 0.6 is 27.3 Å². The van der Waals surface area contributed by atoms with E-state index in [4.69, 9.17) is 10.5 Å². The largest absolute Gasteiger partial charge is 0.480 e. The first-order valence-electron chi connectivity index (χ1n) is 5.17. The molecule has 18 heavy (non-hydrogen) atoms. The molecule has 6 heteroatoms. The van der Waals surface area contributed by atoms with Gasteiger partial charge < -0.3 is 10.5 Å². The van der Waals surface area contributed by atoms with Gasteiger partial charge in [-0.3, -0.25) is 0 Å². The molecule has 0 spiro atoms. The van der Waals surface area contributed by atoms with Gasteiger partial charge in [0.05, 0.1) is 3.79 Å². The van der Waals surface area contributed by atoms with Gasteiger partial charge >= 0.3 is 0 Å². The third-order valence-corrected chi connectivity index (χ3v) is 4.00. The van der Waals surface area contributed by atoms with Crippen molar-refractivity contribution in [3.05, 3.63) is 50.6 Å². The van der Waals surface area contributed by atoms with E-state index in [1.165, 1.54) is 11.3 Å². The molecule has 96 valence electrons. The summed E-state index contributed by atoms with van der Waals surface area (Å²) in [6, 6.07) is 6.78. The maximum Gasteiger partial charge on any atom is 0.165 e. The van der Waals surface area contributed by atoms with Crippen LogP contribution in [0.4, 0.5) is 8.78 Å². The molecule has 2 rings (SSSR count). The van der Waals surface area contributed by atoms with Crippen LogP contribution in [0.15, 0.2) is 34.1 Å². The predicted octanol–water partition coefficient (Wildman–Crippen LogP) is 3.87. The fourth-order valence-electron chi connectivity index (χ4n) is 1.44. The number of hydrogen-bond donors (Lipinski definition) is 1. The van der Waals surface area contributed by atoms with Crippen molar-refractivity contribution >= 4 is 27.3 Å². The summed E-state index contributed by atoms with van der Waals surface area (Å²) in [7, 11) is 0. The third kappa shape index (κ3) is 3.07. The number of ether oxygens (including phenoxy) is 1. The molecule has 1 aromatic heterocycles. The smallest absolute Gasteiger partial charge is 0.165 e. The second-order valence-electron chi connectivity index (χ2n) is 3.56. The minimum absolute atomic E-state index is 0.130. The van der Waals surface area contributed by atoms with Crippen LogP contribution in [-0.2, 0) is 0 Å². The Bertz CT molecular complexity index is 547. The zero-order valence-corrected chi connectivity index (χ0v) is 11.6. The average Bonchev–Trinajstić information content (AvgIpc) is 2.77. The van der Waals surface area contributed by atoms with Gasteiger partial charge in [-0.2, -0.15) is 0 Å². The molecular weight excluding hydrogens is 324 g/mol. The Hall–Kier alpha value is -0.980. The molecule has 1 atom stereocenters. The molecule has 0 bridgehead atoms. The molecule has 0 fully saturated rings. The summed E-state index contributed by atoms with van der Waals surface area (Å²) >= 11 is 4.77. The number of benzene rings is 1. The van der Waals surface area contributed by atoms with Crippen LogP contribution in [0.3, 0.4) is 0 Å². The second-order valence-corrected chi connectivity index (χ2v) is 6.05. The molecule has 0 radical (unpaired) electrons. The lowest BCUT2D eigenvalue weighted by Gasteiger charge is -2.16. The van der Waals surface area contributed by atoms with E-state index < -0.39 is 17.7 Å². The maximum absolute atomic E-state index is 13.4. The van der Waals surface area contributed by atoms with Gasteiger partial charge in [0.25, 0.3) is 0 Å². The highest BCUT2D eigenvalue weighted by atomic mass is 79.9. The Morgan fingerprint density at radius 3 is 2.67 bits per heavy atom. The minimum Gasteiger partial charge on any atom is -0.480 e. The van der Waals surface area contributed by atoms with Crippen molar-refractivity contribution < 1.29 is 13.5 Å². The molecule has 2 nitrogen and oxygen atoms in total. The zero-order chi connectivity index (χ0) is 13.1. The van der Waals surface area contributed by atoms with Crippen molar-refractivity contribution in [2.24, 2.45) is 5.73 Å². The SMILES string of the molecule is NCC(Oc1cc(F)ccc1F)c1ccc(Br)s1. The van der Waals surface area contributed by atoms with Gasteiger partial charge in [-0.1, -0.05) is 0 Å². The van der Waals surface area contributed by atoms with Gasteiger partial charge in [0, 0.05) is 17.5 Å². The highest BCUT2D eigenvalue weighted by Gasteiger charge is 2.16. The lowest BCUT2D eigenvalue weighted by atomic mass is 10.2. The van der Waals surface area contributed by atoms with E-state index in [9.17, 15) is 8.78 Å². The van der Waals surface area contributed by atoms with Crippen molar-refractivity contribution in [2.75, 3.05) is 6.54 Å². The zero-order valence-electron chi connectivity index (χ0n) is 9.20. The number of hydrogen-bond acceptors (Lipinski definition) is 3. The first-order valence-corrected chi connectivity index (χ1v) is 6.78. The summed E-state index contributed by atoms with van der Waals surface area (Å²) in [4.78, 5) is 0.855. The van der Waals surface area contributed by atoms with Crippen molar-refractivity contribution in [1.29, 1.82) is 0 Å². The molecule has 0 aliphatic heterocycles. The van der Waals surface area contributed by atoms with Gasteiger partial charge in [0.1, 0.15) is 11.9 Å². The molecule has 1 unspecified atom stereocenters. The van der Waals surface area contributed by atoms with Crippen LogP contribution in [0.1, 0.15) is 11.0 Å². The van der Waals surface area contributed by atoms with Gasteiger partial charge in [-0.05, 0) is 40.2 Å². The number of rotatable bonds is 4. The number of halogens is 3. The van der Waals surface area contributed by atoms with E-state index in [0.717, 1.165) is 26.9 Å². The molecule has 1 aromatic carbocycles. The quantitative estimate of drug-likeness (QED) is 0.921. The first-order chi connectivity index (χ1) is 8.60. The third-order valence-electron chi connectivity index (χ3n) is 2.29. The van der Waals surface area contributed by atoms with Crippen molar-refractivity contribution in [2.45, 2.75) is 6.10 Å². The fraction of sp³-hybridized carbons (Fsp3) is 0.167. The summed E-state index contributed by atoms with van der Waals surface area (Å²) < 4.78 is 32.8. The molecule has 1 heterocycles. The number of thiophene rings is 1. The van der Waals surface area contributed by atoms with Crippen molar-refractivity contribution in [3.63, 3.8) is 0 Å². The van der Waals surface area contributed by atoms with E-state index >= 15 is 0 Å². The van der Waals surface area contributed by atoms with Gasteiger partial charge in [0.15, 0.2) is 11.6 Å². The van der Waals surface area contributed by atoms with Crippen LogP contribution in [-0.4, -0.2) is 6.54 Å². The van der Waals surface area contributed by atoms with Gasteiger partial charge in [-0.25, -0.2) is 8.78 Å². The molecule has 0 aliphatic carbocycles. The monoisotopic (exact) mass is 333 g/mol. The second kappa shape index (κ2) is 5.77. The summed E-state index contributed by atoms with van der Waals surface area (Å²) in [6.07, 6.45) is -0.488. The Kier molecular flexibility index (Phi) is 4.31. The lowest BCUT2D eigenvalue weighted by molar-refractivity contribution is 0.207. The van der Waals surface area contributed by atoms with Gasteiger partial charge in [-0.15, -0.1) is 11.3 Å². The summed E-state index contributed by atoms with van der Waals surface area (Å²) in [5, 5.41) is 0. The molecule has 0 saturated carbocycles. The van der Waals surface area contributed by atoms with E-state index in [1.807, 2.05) is 12.1 Å². The standard InChI is InChI=1S/C12H10BrF2NOS/c13-12-4-3-11(18-12)10(6-16)17-9-5-7(14)1-2-8(9)15/h1-5,10H,6,16H2. The van der Waals surface area contributed by atoms with E-state index in [-0.39, 0.29) is 12.3 Å².